The average Bonchev–Trinajstić information content (AvgIpc) is 3.57. The molecule has 0 spiro atoms. The number of aromatic hydroxyl groups is 3. The number of rotatable bonds is 10. The van der Waals surface area contributed by atoms with Crippen molar-refractivity contribution in [3.63, 3.8) is 0 Å². The molecule has 2 fully saturated rings. The number of fused-ring (bicyclic) bond motifs is 12. The SMILES string of the molecule is CC(C)Cc1cc(-c2oc3cc(O)c4c(c3c(=O)c2O)OC2CC3c5c-4cc4c6c(ccc(c56)C(SSCCCC2O)C3O)CC(CCCO)C4CCO)c2c(c1O)Cc1cccc(c1)C1NCC(Cc3ccccc3)CC1SSC2. The molecular weight excluding hydrogens is 1090 g/mol. The van der Waals surface area contributed by atoms with E-state index in [4.69, 9.17) is 9.15 Å². The third kappa shape index (κ3) is 10.1. The van der Waals surface area contributed by atoms with Gasteiger partial charge in [0, 0.05) is 65.5 Å². The number of aliphatic hydroxyl groups excluding tert-OH is 4. The average molecular weight is 1170 g/mol. The summed E-state index contributed by atoms with van der Waals surface area (Å²) in [7, 11) is 6.88. The van der Waals surface area contributed by atoms with Gasteiger partial charge < -0.3 is 50.2 Å². The zero-order valence-corrected chi connectivity index (χ0v) is 49.0. The Balaban J connectivity index is 1.00. The van der Waals surface area contributed by atoms with Crippen LogP contribution in [-0.2, 0) is 31.4 Å². The third-order valence-electron chi connectivity index (χ3n) is 18.4. The van der Waals surface area contributed by atoms with Crippen molar-refractivity contribution in [1.29, 1.82) is 0 Å². The minimum Gasteiger partial charge on any atom is -0.507 e. The summed E-state index contributed by atoms with van der Waals surface area (Å²) >= 11 is 0. The number of piperidine rings is 1. The topological polar surface area (TPSA) is 193 Å². The Labute approximate surface area is 488 Å². The molecule has 2 saturated heterocycles. The molecule has 6 aliphatic rings. The fourth-order valence-electron chi connectivity index (χ4n) is 14.8. The van der Waals surface area contributed by atoms with E-state index in [1.54, 1.807) is 32.4 Å². The Kier molecular flexibility index (Phi) is 15.7. The van der Waals surface area contributed by atoms with Crippen molar-refractivity contribution < 1.29 is 44.9 Å². The maximum Gasteiger partial charge on any atom is 0.238 e. The highest BCUT2D eigenvalue weighted by atomic mass is 33.1. The maximum atomic E-state index is 15.7. The molecule has 5 heterocycles. The van der Waals surface area contributed by atoms with Gasteiger partial charge in [0.05, 0.1) is 23.0 Å². The quantitative estimate of drug-likeness (QED) is 0.0603. The summed E-state index contributed by atoms with van der Waals surface area (Å²) in [5.41, 5.74) is 10.1. The Morgan fingerprint density at radius 3 is 2.48 bits per heavy atom. The molecule has 1 aromatic heterocycles. The summed E-state index contributed by atoms with van der Waals surface area (Å²) in [6, 6.07) is 29.1. The van der Waals surface area contributed by atoms with Gasteiger partial charge >= 0.3 is 0 Å². The number of nitrogens with one attached hydrogen (secondary N) is 1. The Hall–Kier alpha value is -4.81. The highest BCUT2D eigenvalue weighted by Gasteiger charge is 2.47. The van der Waals surface area contributed by atoms with E-state index < -0.39 is 35.4 Å². The third-order valence-corrected chi connectivity index (χ3v) is 24.0. The Morgan fingerprint density at radius 1 is 0.815 bits per heavy atom. The van der Waals surface area contributed by atoms with Crippen LogP contribution in [0.2, 0.25) is 0 Å². The Bertz CT molecular complexity index is 3610. The van der Waals surface area contributed by atoms with E-state index in [2.05, 4.69) is 92.0 Å². The molecule has 4 aliphatic heterocycles. The van der Waals surface area contributed by atoms with Crippen LogP contribution in [0.15, 0.2) is 94.1 Å². The predicted molar refractivity (Wildman–Crippen MR) is 329 cm³/mol. The molecule has 10 unspecified atom stereocenters. The van der Waals surface area contributed by atoms with E-state index in [1.807, 2.05) is 16.9 Å². The molecule has 81 heavy (non-hydrogen) atoms. The second kappa shape index (κ2) is 23.0. The number of hydrogen-bond acceptors (Lipinski definition) is 15. The minimum absolute atomic E-state index is 0.0104. The second-order valence-corrected chi connectivity index (χ2v) is 29.3. The summed E-state index contributed by atoms with van der Waals surface area (Å²) in [5, 5.41) is 89.6. The number of hydrogen-bond donors (Lipinski definition) is 8. The van der Waals surface area contributed by atoms with Crippen LogP contribution in [0.25, 0.3) is 44.2 Å². The van der Waals surface area contributed by atoms with Gasteiger partial charge in [-0.3, -0.25) is 4.79 Å². The lowest BCUT2D eigenvalue weighted by atomic mass is 9.65. The first-order valence-corrected chi connectivity index (χ1v) is 33.9. The zero-order chi connectivity index (χ0) is 55.8. The second-order valence-electron chi connectivity index (χ2n) is 24.0. The van der Waals surface area contributed by atoms with Crippen molar-refractivity contribution in [1.82, 2.24) is 5.32 Å². The van der Waals surface area contributed by atoms with Gasteiger partial charge in [0.2, 0.25) is 11.2 Å². The lowest BCUT2D eigenvalue weighted by Crippen LogP contribution is -2.41. The molecule has 15 heteroatoms. The molecule has 6 aromatic carbocycles. The van der Waals surface area contributed by atoms with Crippen LogP contribution >= 0.6 is 43.2 Å². The normalized spacial score (nSPS) is 26.0. The van der Waals surface area contributed by atoms with Gasteiger partial charge in [0.15, 0.2) is 5.76 Å². The first-order chi connectivity index (χ1) is 39.4. The van der Waals surface area contributed by atoms with Gasteiger partial charge in [-0.15, -0.1) is 0 Å². The van der Waals surface area contributed by atoms with Crippen LogP contribution in [0.5, 0.6) is 23.0 Å². The molecule has 2 aliphatic carbocycles. The van der Waals surface area contributed by atoms with E-state index in [1.165, 1.54) is 17.2 Å². The molecular formula is C66H71NO10S4. The number of ether oxygens (including phenoxy) is 1. The van der Waals surface area contributed by atoms with Crippen LogP contribution < -0.4 is 15.5 Å². The zero-order valence-electron chi connectivity index (χ0n) is 45.7. The first kappa shape index (κ1) is 55.4. The molecule has 424 valence electrons. The van der Waals surface area contributed by atoms with Crippen LogP contribution in [-0.4, -0.2) is 84.8 Å². The molecule has 0 saturated carbocycles. The first-order valence-electron chi connectivity index (χ1n) is 29.1. The molecule has 0 amide bonds. The minimum atomic E-state index is -1.01. The number of phenols is 2. The molecule has 8 N–H and O–H groups in total. The fraction of sp³-hybridized carbons (Fsp3) is 0.439. The molecule has 7 aromatic rings. The predicted octanol–water partition coefficient (Wildman–Crippen LogP) is 12.9. The van der Waals surface area contributed by atoms with E-state index in [-0.39, 0.29) is 93.5 Å². The van der Waals surface area contributed by atoms with Gasteiger partial charge in [0.1, 0.15) is 34.3 Å². The van der Waals surface area contributed by atoms with E-state index in [0.717, 1.165) is 82.1 Å². The lowest BCUT2D eigenvalue weighted by molar-refractivity contribution is 0.00975. The van der Waals surface area contributed by atoms with Crippen LogP contribution in [0, 0.1) is 17.8 Å². The van der Waals surface area contributed by atoms with Gasteiger partial charge in [-0.25, -0.2) is 0 Å². The van der Waals surface area contributed by atoms with E-state index >= 15 is 4.79 Å². The summed E-state index contributed by atoms with van der Waals surface area (Å²) < 4.78 is 14.0. The van der Waals surface area contributed by atoms with Crippen molar-refractivity contribution >= 4 is 64.9 Å². The van der Waals surface area contributed by atoms with Gasteiger partial charge in [-0.05, 0) is 173 Å². The molecule has 10 atom stereocenters. The lowest BCUT2D eigenvalue weighted by Gasteiger charge is -2.43. The van der Waals surface area contributed by atoms with E-state index in [9.17, 15) is 35.7 Å². The smallest absolute Gasteiger partial charge is 0.238 e. The van der Waals surface area contributed by atoms with Crippen molar-refractivity contribution in [2.75, 3.05) is 25.5 Å². The van der Waals surface area contributed by atoms with Gasteiger partial charge in [0.25, 0.3) is 0 Å². The molecule has 5 bridgehead atoms. The van der Waals surface area contributed by atoms with Crippen LogP contribution in [0.4, 0.5) is 0 Å². The fourth-order valence-corrected chi connectivity index (χ4v) is 20.7. The highest BCUT2D eigenvalue weighted by Crippen LogP contribution is 2.61. The van der Waals surface area contributed by atoms with Crippen molar-refractivity contribution in [3.05, 3.63) is 151 Å². The monoisotopic (exact) mass is 1170 g/mol. The van der Waals surface area contributed by atoms with Gasteiger partial charge in [-0.2, -0.15) is 0 Å². The summed E-state index contributed by atoms with van der Waals surface area (Å²) in [4.78, 5) is 15.7. The largest absolute Gasteiger partial charge is 0.507 e. The van der Waals surface area contributed by atoms with Crippen molar-refractivity contribution in [2.24, 2.45) is 17.8 Å². The number of aliphatic hydroxyl groups is 4. The molecule has 0 radical (unpaired) electrons. The van der Waals surface area contributed by atoms with Crippen molar-refractivity contribution in [3.8, 4) is 45.4 Å². The molecule has 11 nitrogen and oxygen atoms in total. The maximum absolute atomic E-state index is 15.7. The standard InChI is InChI=1S/C66H71NO10S4/c1-33(2)21-40-27-45(48-32-79-80-53-25-36(22-34-9-4-3-5-10-34)31-67-59(53)39-12-6-11-35(23-39)24-44(48)60(40)72)64-63(75)62(74)58-52(77-64)30-50(71)56-46-28-43-41(17-19-69)37(13-7-18-68)26-38-15-16-42-57(54(38)43)55(46)47-29-51(76-65(56)58)49(70)14-8-20-78-81-66(42)61(47)73/h3-6,9-12,15-16,23,27-28,30,33,36-37,41,47,49,51,53,59,61,66-73,75H,7-8,13-14,17-22,24-26,29,31-32H2,1-2H3. The summed E-state index contributed by atoms with van der Waals surface area (Å²) in [5.74, 6) is 0.432. The number of phenolic OH excluding ortho intramolecular Hbond substituents is 2. The van der Waals surface area contributed by atoms with Crippen LogP contribution in [0.3, 0.4) is 0 Å². The molecule has 13 rings (SSSR count). The summed E-state index contributed by atoms with van der Waals surface area (Å²) in [6.45, 7) is 5.08. The van der Waals surface area contributed by atoms with Gasteiger partial charge in [-0.1, -0.05) is 124 Å². The van der Waals surface area contributed by atoms with E-state index in [0.29, 0.717) is 72.4 Å². The highest BCUT2D eigenvalue weighted by molar-refractivity contribution is 8.77. The summed E-state index contributed by atoms with van der Waals surface area (Å²) in [6.07, 6.45) is 3.94. The van der Waals surface area contributed by atoms with Crippen molar-refractivity contribution in [2.45, 2.75) is 137 Å². The van der Waals surface area contributed by atoms with Crippen LogP contribution in [0.1, 0.15) is 138 Å². The Morgan fingerprint density at radius 2 is 1.67 bits per heavy atom. The number of benzene rings is 6.